The molecule has 0 atom stereocenters. The van der Waals surface area contributed by atoms with E-state index in [9.17, 15) is 5.11 Å². The number of aromatic nitrogens is 2. The average molecular weight is 347 g/mol. The van der Waals surface area contributed by atoms with Crippen LogP contribution in [0, 0.1) is 0 Å². The summed E-state index contributed by atoms with van der Waals surface area (Å²) >= 11 is 8.01. The zero-order valence-electron chi connectivity index (χ0n) is 11.3. The molecular weight excluding hydrogens is 334 g/mol. The summed E-state index contributed by atoms with van der Waals surface area (Å²) in [6, 6.07) is 13.0. The Labute approximate surface area is 141 Å². The molecule has 22 heavy (non-hydrogen) atoms. The predicted octanol–water partition coefficient (Wildman–Crippen LogP) is 4.26. The smallest absolute Gasteiger partial charge is 0.195 e. The fourth-order valence-electron chi connectivity index (χ4n) is 2.28. The lowest BCUT2D eigenvalue weighted by molar-refractivity contribution is 0.476. The summed E-state index contributed by atoms with van der Waals surface area (Å²) in [6.07, 6.45) is 2.01. The number of thiol groups is 2. The third-order valence-electron chi connectivity index (χ3n) is 3.28. The Balaban J connectivity index is 0.000000693. The molecule has 2 aromatic heterocycles. The molecule has 2 heterocycles. The summed E-state index contributed by atoms with van der Waals surface area (Å²) in [6.45, 7) is 0. The van der Waals surface area contributed by atoms with E-state index in [2.05, 4.69) is 28.3 Å². The topological polar surface area (TPSA) is 63.5 Å². The number of nitrogens with zero attached hydrogens (tertiary/aromatic N) is 2. The molecule has 0 aliphatic rings. The van der Waals surface area contributed by atoms with Gasteiger partial charge in [-0.3, -0.25) is 4.40 Å². The van der Waals surface area contributed by atoms with Crippen LogP contribution >= 0.6 is 34.7 Å². The largest absolute Gasteiger partial charge is 0.508 e. The van der Waals surface area contributed by atoms with Gasteiger partial charge in [-0.2, -0.15) is 0 Å². The van der Waals surface area contributed by atoms with Crippen molar-refractivity contribution in [3.05, 3.63) is 48.7 Å². The zero-order chi connectivity index (χ0) is 15.7. The van der Waals surface area contributed by atoms with Crippen molar-refractivity contribution >= 4 is 55.5 Å². The van der Waals surface area contributed by atoms with Crippen molar-refractivity contribution in [2.24, 2.45) is 0 Å². The number of fused-ring (bicyclic) bond motifs is 3. The second-order valence-electron chi connectivity index (χ2n) is 4.65. The maximum absolute atomic E-state index is 9.52. The number of phenolic OH excluding ortho intramolecular Hbond substituents is 1. The van der Waals surface area contributed by atoms with Crippen LogP contribution in [0.15, 0.2) is 48.7 Å². The molecule has 0 fully saturated rings. The molecule has 7 heteroatoms. The van der Waals surface area contributed by atoms with Gasteiger partial charge in [0, 0.05) is 17.4 Å². The maximum atomic E-state index is 9.52. The zero-order valence-corrected chi connectivity index (χ0v) is 13.9. The molecule has 0 aliphatic heterocycles. The summed E-state index contributed by atoms with van der Waals surface area (Å²) in [5, 5.41) is 9.52. The van der Waals surface area contributed by atoms with Crippen molar-refractivity contribution in [3.63, 3.8) is 0 Å². The summed E-state index contributed by atoms with van der Waals surface area (Å²) in [5.41, 5.74) is 9.47. The van der Waals surface area contributed by atoms with E-state index in [1.54, 1.807) is 23.5 Å². The lowest BCUT2D eigenvalue weighted by Crippen LogP contribution is -1.83. The number of aromatic hydroxyl groups is 1. The Morgan fingerprint density at radius 2 is 1.82 bits per heavy atom. The molecular formula is C15H13N3OS3. The van der Waals surface area contributed by atoms with Crippen molar-refractivity contribution in [2.75, 3.05) is 5.73 Å². The molecule has 0 amide bonds. The first-order valence-corrected chi connectivity index (χ1v) is 8.79. The second-order valence-corrected chi connectivity index (χ2v) is 5.66. The normalized spacial score (nSPS) is 10.6. The van der Waals surface area contributed by atoms with Crippen molar-refractivity contribution in [3.8, 4) is 17.0 Å². The number of hydrogen-bond donors (Lipinski definition) is 4. The quantitative estimate of drug-likeness (QED) is 0.236. The van der Waals surface area contributed by atoms with Crippen molar-refractivity contribution in [1.82, 2.24) is 9.38 Å². The molecule has 4 aromatic rings. The van der Waals surface area contributed by atoms with Crippen molar-refractivity contribution in [2.45, 2.75) is 0 Å². The van der Waals surface area contributed by atoms with Gasteiger partial charge in [-0.25, -0.2) is 4.98 Å². The fraction of sp³-hybridized carbons (Fsp3) is 0. The van der Waals surface area contributed by atoms with Crippen molar-refractivity contribution in [1.29, 1.82) is 0 Å². The van der Waals surface area contributed by atoms with E-state index in [1.807, 2.05) is 40.9 Å². The number of nitrogen functional groups attached to an aromatic ring is 1. The monoisotopic (exact) mass is 347 g/mol. The van der Waals surface area contributed by atoms with Gasteiger partial charge in [0.25, 0.3) is 0 Å². The van der Waals surface area contributed by atoms with Crippen LogP contribution in [0.5, 0.6) is 5.75 Å². The number of hydrogen-bond acceptors (Lipinski definition) is 6. The van der Waals surface area contributed by atoms with Gasteiger partial charge in [0.15, 0.2) is 4.96 Å². The first-order valence-electron chi connectivity index (χ1n) is 6.37. The predicted molar refractivity (Wildman–Crippen MR) is 100 cm³/mol. The number of benzene rings is 2. The van der Waals surface area contributed by atoms with E-state index in [0.29, 0.717) is 0 Å². The highest BCUT2D eigenvalue weighted by Gasteiger charge is 2.10. The van der Waals surface area contributed by atoms with Gasteiger partial charge < -0.3 is 10.8 Å². The van der Waals surface area contributed by atoms with Crippen LogP contribution in [0.25, 0.3) is 26.4 Å². The minimum absolute atomic E-state index is 0.278. The van der Waals surface area contributed by atoms with Crippen LogP contribution in [-0.4, -0.2) is 14.5 Å². The Hall–Kier alpha value is -1.83. The Kier molecular flexibility index (Phi) is 4.19. The SMILES string of the molecule is Nc1ccc(-c2cn3c(n2)sc2cc(O)ccc23)cc1.SS. The van der Waals surface area contributed by atoms with Crippen LogP contribution in [0.3, 0.4) is 0 Å². The summed E-state index contributed by atoms with van der Waals surface area (Å²) in [4.78, 5) is 5.55. The lowest BCUT2D eigenvalue weighted by atomic mass is 10.1. The number of thiazole rings is 1. The highest BCUT2D eigenvalue weighted by Crippen LogP contribution is 2.31. The maximum Gasteiger partial charge on any atom is 0.195 e. The first kappa shape index (κ1) is 15.1. The summed E-state index contributed by atoms with van der Waals surface area (Å²) in [7, 11) is 0. The molecule has 0 bridgehead atoms. The standard InChI is InChI=1S/C15H11N3OS.H2S2/c16-10-3-1-9(2-4-10)12-8-18-13-6-5-11(19)7-14(13)20-15(18)17-12;1-2/h1-8,19H,16H2;1-2H. The van der Waals surface area contributed by atoms with E-state index in [0.717, 1.165) is 32.1 Å². The van der Waals surface area contributed by atoms with Crippen LogP contribution in [0.1, 0.15) is 0 Å². The Morgan fingerprint density at radius 1 is 1.09 bits per heavy atom. The van der Waals surface area contributed by atoms with E-state index in [4.69, 9.17) is 5.73 Å². The molecule has 2 aromatic carbocycles. The second kappa shape index (κ2) is 6.12. The molecule has 3 N–H and O–H groups in total. The highest BCUT2D eigenvalue weighted by molar-refractivity contribution is 8.59. The minimum atomic E-state index is 0.278. The van der Waals surface area contributed by atoms with Gasteiger partial charge in [-0.05, 0) is 30.3 Å². The molecule has 4 nitrogen and oxygen atoms in total. The molecule has 0 unspecified atom stereocenters. The molecule has 0 saturated heterocycles. The number of imidazole rings is 1. The van der Waals surface area contributed by atoms with Crippen molar-refractivity contribution < 1.29 is 5.11 Å². The first-order chi connectivity index (χ1) is 10.7. The van der Waals surface area contributed by atoms with E-state index >= 15 is 0 Å². The third-order valence-corrected chi connectivity index (χ3v) is 4.30. The molecule has 0 spiro atoms. The van der Waals surface area contributed by atoms with E-state index < -0.39 is 0 Å². The molecule has 112 valence electrons. The van der Waals surface area contributed by atoms with Gasteiger partial charge in [0.05, 0.1) is 15.9 Å². The van der Waals surface area contributed by atoms with Gasteiger partial charge in [0.2, 0.25) is 0 Å². The molecule has 4 rings (SSSR count). The van der Waals surface area contributed by atoms with Gasteiger partial charge in [-0.15, -0.1) is 23.3 Å². The average Bonchev–Trinajstić information content (AvgIpc) is 3.07. The van der Waals surface area contributed by atoms with Crippen LogP contribution in [-0.2, 0) is 0 Å². The minimum Gasteiger partial charge on any atom is -0.508 e. The number of anilines is 1. The Bertz CT molecular complexity index is 928. The third kappa shape index (κ3) is 2.63. The lowest BCUT2D eigenvalue weighted by Gasteiger charge is -1.97. The van der Waals surface area contributed by atoms with Crippen LogP contribution in [0.2, 0.25) is 0 Å². The van der Waals surface area contributed by atoms with Crippen LogP contribution in [0.4, 0.5) is 5.69 Å². The number of phenols is 1. The van der Waals surface area contributed by atoms with Gasteiger partial charge in [0.1, 0.15) is 5.75 Å². The molecule has 0 radical (unpaired) electrons. The Morgan fingerprint density at radius 3 is 2.55 bits per heavy atom. The van der Waals surface area contributed by atoms with Gasteiger partial charge in [-0.1, -0.05) is 23.5 Å². The molecule has 0 saturated carbocycles. The fourth-order valence-corrected chi connectivity index (χ4v) is 3.32. The highest BCUT2D eigenvalue weighted by atomic mass is 33.1. The molecule has 0 aliphatic carbocycles. The summed E-state index contributed by atoms with van der Waals surface area (Å²) in [5.74, 6) is 0.278. The van der Waals surface area contributed by atoms with Crippen LogP contribution < -0.4 is 5.73 Å². The number of rotatable bonds is 1. The van der Waals surface area contributed by atoms with Gasteiger partial charge >= 0.3 is 0 Å². The van der Waals surface area contributed by atoms with E-state index in [1.165, 1.54) is 0 Å². The summed E-state index contributed by atoms with van der Waals surface area (Å²) < 4.78 is 3.07. The van der Waals surface area contributed by atoms with E-state index in [-0.39, 0.29) is 5.75 Å². The number of nitrogens with two attached hydrogens (primary N) is 1.